The Hall–Kier alpha value is 0.0300. The van der Waals surface area contributed by atoms with Crippen molar-refractivity contribution in [2.75, 3.05) is 0 Å². The summed E-state index contributed by atoms with van der Waals surface area (Å²) >= 11 is 5.95. The lowest BCUT2D eigenvalue weighted by Crippen LogP contribution is -1.97. The van der Waals surface area contributed by atoms with Crippen molar-refractivity contribution in [3.05, 3.63) is 12.2 Å². The first-order valence-electron chi connectivity index (χ1n) is 3.83. The van der Waals surface area contributed by atoms with Crippen LogP contribution in [0, 0.1) is 5.41 Å². The van der Waals surface area contributed by atoms with E-state index in [1.165, 1.54) is 18.4 Å². The van der Waals surface area contributed by atoms with Gasteiger partial charge in [-0.15, -0.1) is 18.2 Å². The SMILES string of the molecule is C=C(C)CCC1(C)CC1Cl. The van der Waals surface area contributed by atoms with E-state index >= 15 is 0 Å². The molecule has 0 bridgehead atoms. The van der Waals surface area contributed by atoms with Crippen LogP contribution in [0.2, 0.25) is 0 Å². The van der Waals surface area contributed by atoms with Crippen LogP contribution in [0.3, 0.4) is 0 Å². The molecule has 1 saturated carbocycles. The summed E-state index contributed by atoms with van der Waals surface area (Å²) in [5.74, 6) is 0. The maximum atomic E-state index is 5.95. The summed E-state index contributed by atoms with van der Waals surface area (Å²) in [7, 11) is 0. The molecule has 1 aliphatic rings. The molecule has 10 heavy (non-hydrogen) atoms. The Balaban J connectivity index is 2.21. The lowest BCUT2D eigenvalue weighted by atomic mass is 10.0. The molecule has 0 aliphatic heterocycles. The Morgan fingerprint density at radius 1 is 1.80 bits per heavy atom. The van der Waals surface area contributed by atoms with Crippen LogP contribution in [-0.4, -0.2) is 5.38 Å². The highest BCUT2D eigenvalue weighted by Gasteiger charge is 2.47. The molecular weight excluding hydrogens is 144 g/mol. The number of rotatable bonds is 3. The molecule has 2 unspecified atom stereocenters. The highest BCUT2D eigenvalue weighted by molar-refractivity contribution is 6.23. The summed E-state index contributed by atoms with van der Waals surface area (Å²) in [6.07, 6.45) is 3.55. The molecule has 58 valence electrons. The van der Waals surface area contributed by atoms with Crippen LogP contribution < -0.4 is 0 Å². The fourth-order valence-corrected chi connectivity index (χ4v) is 1.57. The zero-order valence-corrected chi connectivity index (χ0v) is 7.54. The number of alkyl halides is 1. The summed E-state index contributed by atoms with van der Waals surface area (Å²) in [6.45, 7) is 8.20. The van der Waals surface area contributed by atoms with Crippen LogP contribution in [0.4, 0.5) is 0 Å². The maximum absolute atomic E-state index is 5.95. The average Bonchev–Trinajstić information content (AvgIpc) is 2.38. The minimum atomic E-state index is 0.437. The highest BCUT2D eigenvalue weighted by Crippen LogP contribution is 2.53. The third-order valence-electron chi connectivity index (χ3n) is 2.36. The van der Waals surface area contributed by atoms with E-state index in [4.69, 9.17) is 11.6 Å². The summed E-state index contributed by atoms with van der Waals surface area (Å²) in [5.41, 5.74) is 1.72. The third kappa shape index (κ3) is 1.76. The Morgan fingerprint density at radius 3 is 2.60 bits per heavy atom. The lowest BCUT2D eigenvalue weighted by Gasteiger charge is -2.07. The van der Waals surface area contributed by atoms with Gasteiger partial charge in [0.1, 0.15) is 0 Å². The van der Waals surface area contributed by atoms with Crippen molar-refractivity contribution < 1.29 is 0 Å². The minimum Gasteiger partial charge on any atom is -0.122 e. The molecule has 0 spiro atoms. The van der Waals surface area contributed by atoms with Crippen LogP contribution in [0.5, 0.6) is 0 Å². The van der Waals surface area contributed by atoms with Gasteiger partial charge in [-0.3, -0.25) is 0 Å². The summed E-state index contributed by atoms with van der Waals surface area (Å²) in [5, 5.41) is 0.437. The van der Waals surface area contributed by atoms with Gasteiger partial charge in [0, 0.05) is 5.38 Å². The largest absolute Gasteiger partial charge is 0.122 e. The molecular formula is C9H15Cl. The number of halogens is 1. The van der Waals surface area contributed by atoms with Gasteiger partial charge < -0.3 is 0 Å². The molecule has 0 saturated heterocycles. The molecule has 0 aromatic heterocycles. The Kier molecular flexibility index (Phi) is 2.10. The van der Waals surface area contributed by atoms with Gasteiger partial charge in [0.2, 0.25) is 0 Å². The van der Waals surface area contributed by atoms with Gasteiger partial charge in [0.15, 0.2) is 0 Å². The van der Waals surface area contributed by atoms with E-state index < -0.39 is 0 Å². The summed E-state index contributed by atoms with van der Waals surface area (Å²) in [6, 6.07) is 0. The van der Waals surface area contributed by atoms with Crippen molar-refractivity contribution in [1.29, 1.82) is 0 Å². The van der Waals surface area contributed by atoms with Gasteiger partial charge in [0.25, 0.3) is 0 Å². The molecule has 2 atom stereocenters. The van der Waals surface area contributed by atoms with E-state index in [9.17, 15) is 0 Å². The van der Waals surface area contributed by atoms with Crippen molar-refractivity contribution >= 4 is 11.6 Å². The van der Waals surface area contributed by atoms with Crippen molar-refractivity contribution in [2.45, 2.75) is 38.5 Å². The first-order chi connectivity index (χ1) is 4.54. The zero-order chi connectivity index (χ0) is 7.78. The van der Waals surface area contributed by atoms with Crippen LogP contribution in [0.25, 0.3) is 0 Å². The Labute approximate surface area is 68.3 Å². The molecule has 0 N–H and O–H groups in total. The normalized spacial score (nSPS) is 37.7. The molecule has 0 amide bonds. The minimum absolute atomic E-state index is 0.437. The highest BCUT2D eigenvalue weighted by atomic mass is 35.5. The lowest BCUT2D eigenvalue weighted by molar-refractivity contribution is 0.519. The van der Waals surface area contributed by atoms with E-state index in [0.717, 1.165) is 6.42 Å². The molecule has 1 rings (SSSR count). The van der Waals surface area contributed by atoms with Crippen LogP contribution in [0.1, 0.15) is 33.1 Å². The predicted molar refractivity (Wildman–Crippen MR) is 46.4 cm³/mol. The summed E-state index contributed by atoms with van der Waals surface area (Å²) < 4.78 is 0. The molecule has 0 aromatic rings. The van der Waals surface area contributed by atoms with Gasteiger partial charge in [-0.25, -0.2) is 0 Å². The van der Waals surface area contributed by atoms with E-state index in [1.54, 1.807) is 0 Å². The average molecular weight is 159 g/mol. The first-order valence-corrected chi connectivity index (χ1v) is 4.27. The van der Waals surface area contributed by atoms with E-state index in [-0.39, 0.29) is 0 Å². The third-order valence-corrected chi connectivity index (χ3v) is 3.05. The van der Waals surface area contributed by atoms with Crippen molar-refractivity contribution in [3.8, 4) is 0 Å². The second-order valence-corrected chi connectivity index (χ2v) is 4.31. The quantitative estimate of drug-likeness (QED) is 0.437. The zero-order valence-electron chi connectivity index (χ0n) is 6.78. The predicted octanol–water partition coefficient (Wildman–Crippen LogP) is 3.36. The van der Waals surface area contributed by atoms with Gasteiger partial charge in [-0.2, -0.15) is 0 Å². The maximum Gasteiger partial charge on any atom is 0.0396 e. The summed E-state index contributed by atoms with van der Waals surface area (Å²) in [4.78, 5) is 0. The van der Waals surface area contributed by atoms with Gasteiger partial charge in [-0.05, 0) is 31.6 Å². The van der Waals surface area contributed by atoms with Gasteiger partial charge in [-0.1, -0.05) is 12.5 Å². The fourth-order valence-electron chi connectivity index (χ4n) is 1.11. The smallest absolute Gasteiger partial charge is 0.0396 e. The van der Waals surface area contributed by atoms with Crippen LogP contribution in [0.15, 0.2) is 12.2 Å². The van der Waals surface area contributed by atoms with Crippen molar-refractivity contribution in [1.82, 2.24) is 0 Å². The molecule has 1 fully saturated rings. The topological polar surface area (TPSA) is 0 Å². The van der Waals surface area contributed by atoms with E-state index in [0.29, 0.717) is 10.8 Å². The molecule has 0 nitrogen and oxygen atoms in total. The number of allylic oxidation sites excluding steroid dienone is 1. The van der Waals surface area contributed by atoms with Crippen LogP contribution in [-0.2, 0) is 0 Å². The molecule has 0 aromatic carbocycles. The van der Waals surface area contributed by atoms with E-state index in [1.807, 2.05) is 0 Å². The molecule has 1 aliphatic carbocycles. The molecule has 0 heterocycles. The molecule has 0 radical (unpaired) electrons. The van der Waals surface area contributed by atoms with Gasteiger partial charge >= 0.3 is 0 Å². The monoisotopic (exact) mass is 158 g/mol. The van der Waals surface area contributed by atoms with Gasteiger partial charge in [0.05, 0.1) is 0 Å². The second kappa shape index (κ2) is 2.58. The van der Waals surface area contributed by atoms with Crippen molar-refractivity contribution in [3.63, 3.8) is 0 Å². The van der Waals surface area contributed by atoms with Crippen LogP contribution >= 0.6 is 11.6 Å². The molecule has 1 heteroatoms. The number of hydrogen-bond acceptors (Lipinski definition) is 0. The standard InChI is InChI=1S/C9H15Cl/c1-7(2)4-5-9(3)6-8(9)10/h8H,1,4-6H2,2-3H3. The Bertz CT molecular complexity index is 151. The Morgan fingerprint density at radius 2 is 2.30 bits per heavy atom. The first kappa shape index (κ1) is 8.13. The van der Waals surface area contributed by atoms with E-state index in [2.05, 4.69) is 20.4 Å². The second-order valence-electron chi connectivity index (χ2n) is 3.78. The fraction of sp³-hybridized carbons (Fsp3) is 0.778. The van der Waals surface area contributed by atoms with Crippen molar-refractivity contribution in [2.24, 2.45) is 5.41 Å². The number of hydrogen-bond donors (Lipinski definition) is 0.